The lowest BCUT2D eigenvalue weighted by atomic mass is 10.0. The van der Waals surface area contributed by atoms with Gasteiger partial charge in [0, 0.05) is 11.1 Å². The topological polar surface area (TPSA) is 91.2 Å². The number of aryl methyl sites for hydroxylation is 1. The first-order chi connectivity index (χ1) is 10.7. The summed E-state index contributed by atoms with van der Waals surface area (Å²) in [4.78, 5) is 17.6. The van der Waals surface area contributed by atoms with Crippen LogP contribution in [0.25, 0.3) is 0 Å². The molecule has 0 aromatic heterocycles. The summed E-state index contributed by atoms with van der Waals surface area (Å²) in [6.07, 6.45) is 2.70. The quantitative estimate of drug-likeness (QED) is 0.286. The third kappa shape index (κ3) is 5.99. The summed E-state index contributed by atoms with van der Waals surface area (Å²) in [7, 11) is -4.42. The minimum atomic E-state index is -4.42. The predicted molar refractivity (Wildman–Crippen MR) is 93.3 cm³/mol. The monoisotopic (exact) mass is 360 g/mol. The number of rotatable bonds is 8. The highest BCUT2D eigenvalue weighted by Gasteiger charge is 2.16. The summed E-state index contributed by atoms with van der Waals surface area (Å²) >= 11 is 6.42. The Morgan fingerprint density at radius 1 is 1.48 bits per heavy atom. The van der Waals surface area contributed by atoms with Crippen LogP contribution in [-0.2, 0) is 17.4 Å². The van der Waals surface area contributed by atoms with Crippen molar-refractivity contribution in [2.75, 3.05) is 6.61 Å². The number of halogens is 1. The van der Waals surface area contributed by atoms with Gasteiger partial charge in [-0.3, -0.25) is 0 Å². The second-order valence-corrected chi connectivity index (χ2v) is 6.77. The lowest BCUT2D eigenvalue weighted by Crippen LogP contribution is -2.07. The van der Waals surface area contributed by atoms with Crippen molar-refractivity contribution in [3.63, 3.8) is 0 Å². The first-order valence-corrected chi connectivity index (χ1v) is 9.15. The Morgan fingerprint density at radius 2 is 2.13 bits per heavy atom. The van der Waals surface area contributed by atoms with Gasteiger partial charge in [0.1, 0.15) is 12.4 Å². The maximum absolute atomic E-state index is 10.8. The molecule has 0 fully saturated rings. The van der Waals surface area contributed by atoms with Gasteiger partial charge in [-0.15, -0.1) is 0 Å². The second kappa shape index (κ2) is 8.50. The molecule has 0 spiro atoms. The number of nitrogens with zero attached hydrogens (tertiary/aromatic N) is 1. The Balaban J connectivity index is 3.33. The van der Waals surface area contributed by atoms with Crippen molar-refractivity contribution in [1.29, 1.82) is 0 Å². The molecular weight excluding hydrogens is 339 g/mol. The first kappa shape index (κ1) is 19.7. The zero-order chi connectivity index (χ0) is 17.6. The highest BCUT2D eigenvalue weighted by molar-refractivity contribution is 7.49. The van der Waals surface area contributed by atoms with Crippen LogP contribution < -0.4 is 9.93 Å². The molecule has 3 N–H and O–H groups in total. The molecule has 6 nitrogen and oxygen atoms in total. The first-order valence-electron chi connectivity index (χ1n) is 7.16. The number of nitrogens with one attached hydrogen (secondary N) is 1. The molecule has 0 aliphatic heterocycles. The highest BCUT2D eigenvalue weighted by atomic mass is 35.5. The average Bonchev–Trinajstić information content (AvgIpc) is 2.45. The molecule has 128 valence electrons. The second-order valence-electron chi connectivity index (χ2n) is 5.10. The van der Waals surface area contributed by atoms with Gasteiger partial charge < -0.3 is 14.5 Å². The molecule has 0 amide bonds. The molecular formula is C15H22ClN2O4P. The Hall–Kier alpha value is -1.33. The Morgan fingerprint density at radius 3 is 2.61 bits per heavy atom. The van der Waals surface area contributed by atoms with Gasteiger partial charge in [-0.25, -0.2) is 9.76 Å². The van der Waals surface area contributed by atoms with E-state index in [0.717, 1.165) is 23.1 Å². The van der Waals surface area contributed by atoms with Crippen LogP contribution in [0.4, 0.5) is 0 Å². The number of hydrazone groups is 1. The summed E-state index contributed by atoms with van der Waals surface area (Å²) in [5.74, 6) is 0.550. The predicted octanol–water partition coefficient (Wildman–Crippen LogP) is 3.44. The van der Waals surface area contributed by atoms with Crippen LogP contribution >= 0.6 is 19.3 Å². The lowest BCUT2D eigenvalue weighted by Gasteiger charge is -2.17. The van der Waals surface area contributed by atoms with E-state index in [1.807, 2.05) is 20.8 Å². The van der Waals surface area contributed by atoms with Gasteiger partial charge >= 0.3 is 7.75 Å². The third-order valence-corrected chi connectivity index (χ3v) is 3.85. The van der Waals surface area contributed by atoms with Gasteiger partial charge in [-0.05, 0) is 37.0 Å². The van der Waals surface area contributed by atoms with E-state index in [2.05, 4.69) is 11.7 Å². The molecule has 1 rings (SSSR count). The molecule has 0 bridgehead atoms. The number of ether oxygens (including phenoxy) is 1. The van der Waals surface area contributed by atoms with Crippen molar-refractivity contribution in [3.8, 4) is 5.75 Å². The van der Waals surface area contributed by atoms with Gasteiger partial charge in [0.25, 0.3) is 0 Å². The van der Waals surface area contributed by atoms with Crippen LogP contribution in [-0.4, -0.2) is 22.6 Å². The molecule has 8 heteroatoms. The Labute approximate surface area is 141 Å². The molecule has 0 aliphatic rings. The summed E-state index contributed by atoms with van der Waals surface area (Å²) in [5.41, 5.74) is 3.21. The number of hydrogen-bond acceptors (Lipinski definition) is 3. The maximum atomic E-state index is 10.8. The Kier molecular flexibility index (Phi) is 7.29. The number of benzene rings is 1. The van der Waals surface area contributed by atoms with Crippen molar-refractivity contribution in [2.45, 2.75) is 33.6 Å². The average molecular weight is 361 g/mol. The molecule has 1 aromatic carbocycles. The van der Waals surface area contributed by atoms with Crippen molar-refractivity contribution in [1.82, 2.24) is 5.20 Å². The summed E-state index contributed by atoms with van der Waals surface area (Å²) in [6, 6.07) is 1.81. The minimum Gasteiger partial charge on any atom is -0.488 e. The zero-order valence-corrected chi connectivity index (χ0v) is 15.1. The fourth-order valence-electron chi connectivity index (χ4n) is 1.99. The van der Waals surface area contributed by atoms with Crippen molar-refractivity contribution in [3.05, 3.63) is 39.9 Å². The maximum Gasteiger partial charge on any atom is 0.443 e. The number of hydrogen-bond donors (Lipinski definition) is 3. The fourth-order valence-corrected chi connectivity index (χ4v) is 2.61. The van der Waals surface area contributed by atoms with Crippen LogP contribution in [0.1, 0.15) is 37.5 Å². The van der Waals surface area contributed by atoms with E-state index in [1.54, 1.807) is 11.3 Å². The van der Waals surface area contributed by atoms with Crippen molar-refractivity contribution >= 4 is 25.6 Å². The summed E-state index contributed by atoms with van der Waals surface area (Å²) < 4.78 is 16.6. The smallest absolute Gasteiger partial charge is 0.443 e. The normalized spacial score (nSPS) is 11.7. The zero-order valence-electron chi connectivity index (χ0n) is 13.5. The minimum absolute atomic E-state index is 0.321. The van der Waals surface area contributed by atoms with E-state index in [1.165, 1.54) is 6.21 Å². The third-order valence-electron chi connectivity index (χ3n) is 3.00. The van der Waals surface area contributed by atoms with E-state index in [4.69, 9.17) is 26.1 Å². The van der Waals surface area contributed by atoms with Crippen LogP contribution in [0.3, 0.4) is 0 Å². The molecule has 1 aromatic rings. The standard InChI is InChI=1S/C15H22ClN2O4P/c1-5-11-7-12(8-17-18-23(19,20)21)15(22-9-10(3)4)13(6-2)14(11)16/h7-8H,3,5-6,9H2,1-2,4H3,(H3,18,19,20,21). The molecule has 0 aliphatic carbocycles. The van der Waals surface area contributed by atoms with E-state index in [9.17, 15) is 4.57 Å². The van der Waals surface area contributed by atoms with Crippen LogP contribution in [0, 0.1) is 0 Å². The molecule has 0 saturated heterocycles. The van der Waals surface area contributed by atoms with E-state index < -0.39 is 7.75 Å². The Bertz CT molecular complexity index is 655. The fraction of sp³-hybridized carbons (Fsp3) is 0.400. The lowest BCUT2D eigenvalue weighted by molar-refractivity contribution is 0.348. The summed E-state index contributed by atoms with van der Waals surface area (Å²) in [5, 5.41) is 6.02. The largest absolute Gasteiger partial charge is 0.488 e. The van der Waals surface area contributed by atoms with Crippen LogP contribution in [0.15, 0.2) is 23.3 Å². The molecule has 23 heavy (non-hydrogen) atoms. The van der Waals surface area contributed by atoms with Crippen LogP contribution in [0.2, 0.25) is 5.02 Å². The van der Waals surface area contributed by atoms with Crippen molar-refractivity contribution < 1.29 is 19.1 Å². The molecule has 0 saturated carbocycles. The van der Waals surface area contributed by atoms with E-state index in [0.29, 0.717) is 29.4 Å². The van der Waals surface area contributed by atoms with Gasteiger partial charge in [0.15, 0.2) is 0 Å². The van der Waals surface area contributed by atoms with Crippen molar-refractivity contribution in [2.24, 2.45) is 5.10 Å². The molecule has 0 radical (unpaired) electrons. The van der Waals surface area contributed by atoms with E-state index >= 15 is 0 Å². The summed E-state index contributed by atoms with van der Waals surface area (Å²) in [6.45, 7) is 9.90. The van der Waals surface area contributed by atoms with Crippen LogP contribution in [0.5, 0.6) is 5.75 Å². The van der Waals surface area contributed by atoms with E-state index in [-0.39, 0.29) is 0 Å². The molecule has 0 heterocycles. The van der Waals surface area contributed by atoms with Gasteiger partial charge in [0.05, 0.1) is 11.2 Å². The highest BCUT2D eigenvalue weighted by Crippen LogP contribution is 2.34. The molecule has 0 atom stereocenters. The van der Waals surface area contributed by atoms with Gasteiger partial charge in [-0.1, -0.05) is 32.0 Å². The van der Waals surface area contributed by atoms with Gasteiger partial charge in [-0.2, -0.15) is 5.10 Å². The SMILES string of the molecule is C=C(C)COc1c(C=NNP(=O)(O)O)cc(CC)c(Cl)c1CC. The molecule has 0 unspecified atom stereocenters. The van der Waals surface area contributed by atoms with Gasteiger partial charge in [0.2, 0.25) is 0 Å².